The number of carbonyl (C=O) groups is 1. The van der Waals surface area contributed by atoms with Crippen molar-refractivity contribution in [1.29, 1.82) is 0 Å². The highest BCUT2D eigenvalue weighted by molar-refractivity contribution is 6.03. The molecule has 0 saturated carbocycles. The number of ether oxygens (including phenoxy) is 1. The van der Waals surface area contributed by atoms with Gasteiger partial charge in [-0.3, -0.25) is 4.79 Å². The van der Waals surface area contributed by atoms with Crippen molar-refractivity contribution < 1.29 is 9.53 Å². The van der Waals surface area contributed by atoms with E-state index in [9.17, 15) is 4.79 Å². The quantitative estimate of drug-likeness (QED) is 0.546. The molecule has 4 aromatic rings. The molecule has 2 heterocycles. The molecular weight excluding hydrogens is 352 g/mol. The summed E-state index contributed by atoms with van der Waals surface area (Å²) in [5.41, 5.74) is 2.86. The lowest BCUT2D eigenvalue weighted by molar-refractivity contribution is -0.118. The first-order valence-corrected chi connectivity index (χ1v) is 9.39. The van der Waals surface area contributed by atoms with Gasteiger partial charge < -0.3 is 10.1 Å². The van der Waals surface area contributed by atoms with Crippen LogP contribution in [-0.2, 0) is 11.3 Å². The largest absolute Gasteiger partial charge is 0.484 e. The number of rotatable bonds is 6. The smallest absolute Gasteiger partial charge is 0.263 e. The number of hydrogen-bond donors (Lipinski definition) is 1. The van der Waals surface area contributed by atoms with Gasteiger partial charge in [-0.25, -0.2) is 9.67 Å². The van der Waals surface area contributed by atoms with Crippen LogP contribution in [0.3, 0.4) is 0 Å². The fourth-order valence-corrected chi connectivity index (χ4v) is 3.17. The Morgan fingerprint density at radius 1 is 1.14 bits per heavy atom. The van der Waals surface area contributed by atoms with Crippen LogP contribution in [0.15, 0.2) is 54.6 Å². The van der Waals surface area contributed by atoms with Crippen molar-refractivity contribution in [2.45, 2.75) is 26.8 Å². The predicted molar refractivity (Wildman–Crippen MR) is 111 cm³/mol. The van der Waals surface area contributed by atoms with Gasteiger partial charge >= 0.3 is 0 Å². The molecule has 0 saturated heterocycles. The van der Waals surface area contributed by atoms with Crippen molar-refractivity contribution in [2.75, 3.05) is 11.9 Å². The van der Waals surface area contributed by atoms with E-state index in [-0.39, 0.29) is 12.5 Å². The van der Waals surface area contributed by atoms with Gasteiger partial charge in [0.15, 0.2) is 18.1 Å². The monoisotopic (exact) mass is 374 g/mol. The predicted octanol–water partition coefficient (Wildman–Crippen LogP) is 4.32. The molecule has 0 aliphatic carbocycles. The van der Waals surface area contributed by atoms with E-state index in [1.807, 2.05) is 60.1 Å². The van der Waals surface area contributed by atoms with Crippen molar-refractivity contribution >= 4 is 33.7 Å². The SMILES string of the molecule is CCCn1nc(NC(=O)COc2ccccc2)c2cc3cc(C)ccc3nc21. The fraction of sp³-hybridized carbons (Fsp3) is 0.227. The van der Waals surface area contributed by atoms with Gasteiger partial charge in [0.2, 0.25) is 0 Å². The molecule has 6 nitrogen and oxygen atoms in total. The lowest BCUT2D eigenvalue weighted by atomic mass is 10.1. The van der Waals surface area contributed by atoms with E-state index in [1.165, 1.54) is 0 Å². The van der Waals surface area contributed by atoms with Crippen molar-refractivity contribution in [3.8, 4) is 5.75 Å². The molecule has 0 radical (unpaired) electrons. The summed E-state index contributed by atoms with van der Waals surface area (Å²) in [5, 5.41) is 9.32. The van der Waals surface area contributed by atoms with Crippen molar-refractivity contribution in [3.05, 3.63) is 60.2 Å². The molecule has 0 aliphatic heterocycles. The fourth-order valence-electron chi connectivity index (χ4n) is 3.17. The third-order valence-corrected chi connectivity index (χ3v) is 4.48. The summed E-state index contributed by atoms with van der Waals surface area (Å²) >= 11 is 0. The van der Waals surface area contributed by atoms with Gasteiger partial charge in [-0.05, 0) is 43.7 Å². The summed E-state index contributed by atoms with van der Waals surface area (Å²) in [4.78, 5) is 17.2. The van der Waals surface area contributed by atoms with Gasteiger partial charge in [-0.2, -0.15) is 5.10 Å². The highest BCUT2D eigenvalue weighted by Gasteiger charge is 2.15. The van der Waals surface area contributed by atoms with E-state index in [1.54, 1.807) is 0 Å². The zero-order chi connectivity index (χ0) is 19.5. The second-order valence-corrected chi connectivity index (χ2v) is 6.78. The van der Waals surface area contributed by atoms with E-state index in [0.717, 1.165) is 40.5 Å². The number of amides is 1. The van der Waals surface area contributed by atoms with Crippen LogP contribution >= 0.6 is 0 Å². The Morgan fingerprint density at radius 2 is 1.96 bits per heavy atom. The zero-order valence-corrected chi connectivity index (χ0v) is 16.0. The van der Waals surface area contributed by atoms with E-state index < -0.39 is 0 Å². The summed E-state index contributed by atoms with van der Waals surface area (Å²) < 4.78 is 7.38. The van der Waals surface area contributed by atoms with E-state index in [0.29, 0.717) is 11.6 Å². The molecule has 0 bridgehead atoms. The van der Waals surface area contributed by atoms with Crippen molar-refractivity contribution in [3.63, 3.8) is 0 Å². The highest BCUT2D eigenvalue weighted by Crippen LogP contribution is 2.26. The Bertz CT molecular complexity index is 1140. The Labute approximate surface area is 163 Å². The van der Waals surface area contributed by atoms with Crippen LogP contribution < -0.4 is 10.1 Å². The topological polar surface area (TPSA) is 69.0 Å². The van der Waals surface area contributed by atoms with Crippen LogP contribution in [0, 0.1) is 6.92 Å². The molecule has 0 fully saturated rings. The molecular formula is C22H22N4O2. The van der Waals surface area contributed by atoms with Gasteiger partial charge in [0, 0.05) is 11.9 Å². The van der Waals surface area contributed by atoms with Gasteiger partial charge in [0.1, 0.15) is 5.75 Å². The number of fused-ring (bicyclic) bond motifs is 2. The van der Waals surface area contributed by atoms with Crippen LogP contribution in [0.2, 0.25) is 0 Å². The Kier molecular flexibility index (Phi) is 4.93. The minimum absolute atomic E-state index is 0.0771. The molecule has 0 unspecified atom stereocenters. The first kappa shape index (κ1) is 18.0. The lowest BCUT2D eigenvalue weighted by Crippen LogP contribution is -2.20. The van der Waals surface area contributed by atoms with Gasteiger partial charge in [0.05, 0.1) is 10.9 Å². The first-order valence-electron chi connectivity index (χ1n) is 9.39. The maximum atomic E-state index is 12.4. The average molecular weight is 374 g/mol. The van der Waals surface area contributed by atoms with Crippen molar-refractivity contribution in [1.82, 2.24) is 14.8 Å². The molecule has 2 aromatic heterocycles. The number of carbonyl (C=O) groups excluding carboxylic acids is 1. The lowest BCUT2D eigenvalue weighted by Gasteiger charge is -2.06. The molecule has 28 heavy (non-hydrogen) atoms. The van der Waals surface area contributed by atoms with Crippen LogP contribution in [0.5, 0.6) is 5.75 Å². The normalized spacial score (nSPS) is 11.1. The van der Waals surface area contributed by atoms with Crippen LogP contribution in [0.1, 0.15) is 18.9 Å². The number of hydrogen-bond acceptors (Lipinski definition) is 4. The molecule has 6 heteroatoms. The number of nitrogens with zero attached hydrogens (tertiary/aromatic N) is 3. The minimum atomic E-state index is -0.253. The number of pyridine rings is 1. The minimum Gasteiger partial charge on any atom is -0.484 e. The number of para-hydroxylation sites is 1. The van der Waals surface area contributed by atoms with Crippen LogP contribution in [-0.4, -0.2) is 27.3 Å². The van der Waals surface area contributed by atoms with E-state index in [4.69, 9.17) is 9.72 Å². The highest BCUT2D eigenvalue weighted by atomic mass is 16.5. The van der Waals surface area contributed by atoms with Crippen molar-refractivity contribution in [2.24, 2.45) is 0 Å². The van der Waals surface area contributed by atoms with Crippen LogP contribution in [0.4, 0.5) is 5.82 Å². The Morgan fingerprint density at radius 3 is 2.75 bits per heavy atom. The molecule has 0 aliphatic rings. The van der Waals surface area contributed by atoms with Gasteiger partial charge in [0.25, 0.3) is 5.91 Å². The number of anilines is 1. The molecule has 0 spiro atoms. The van der Waals surface area contributed by atoms with E-state index in [2.05, 4.69) is 23.4 Å². The molecule has 4 rings (SSSR count). The third kappa shape index (κ3) is 3.67. The molecule has 0 atom stereocenters. The molecule has 1 N–H and O–H groups in total. The maximum Gasteiger partial charge on any atom is 0.263 e. The van der Waals surface area contributed by atoms with Gasteiger partial charge in [-0.15, -0.1) is 0 Å². The zero-order valence-electron chi connectivity index (χ0n) is 16.0. The number of nitrogens with one attached hydrogen (secondary N) is 1. The summed E-state index contributed by atoms with van der Waals surface area (Å²) in [6.45, 7) is 4.79. The molecule has 1 amide bonds. The molecule has 2 aromatic carbocycles. The summed E-state index contributed by atoms with van der Waals surface area (Å²) in [6, 6.07) is 17.5. The van der Waals surface area contributed by atoms with E-state index >= 15 is 0 Å². The third-order valence-electron chi connectivity index (χ3n) is 4.48. The second-order valence-electron chi connectivity index (χ2n) is 6.78. The number of aromatic nitrogens is 3. The number of benzene rings is 2. The Balaban J connectivity index is 1.64. The Hall–Kier alpha value is -3.41. The number of aryl methyl sites for hydroxylation is 2. The van der Waals surface area contributed by atoms with Gasteiger partial charge in [-0.1, -0.05) is 36.8 Å². The van der Waals surface area contributed by atoms with Crippen LogP contribution in [0.25, 0.3) is 21.9 Å². The first-order chi connectivity index (χ1) is 13.6. The standard InChI is InChI=1S/C22H22N4O2/c1-3-11-26-22-18(13-16-12-15(2)9-10-19(16)23-22)21(25-26)24-20(27)14-28-17-7-5-4-6-8-17/h4-10,12-13H,3,11,14H2,1-2H3,(H,24,25,27). The second kappa shape index (κ2) is 7.68. The summed E-state index contributed by atoms with van der Waals surface area (Å²) in [7, 11) is 0. The maximum absolute atomic E-state index is 12.4. The summed E-state index contributed by atoms with van der Waals surface area (Å²) in [5.74, 6) is 0.916. The average Bonchev–Trinajstić information content (AvgIpc) is 3.02. The summed E-state index contributed by atoms with van der Waals surface area (Å²) in [6.07, 6.45) is 0.925. The molecule has 142 valence electrons.